The molecule has 4 heterocycles. The lowest BCUT2D eigenvalue weighted by Crippen LogP contribution is -2.31. The summed E-state index contributed by atoms with van der Waals surface area (Å²) < 4.78 is 0. The summed E-state index contributed by atoms with van der Waals surface area (Å²) in [6.07, 6.45) is 3.22. The van der Waals surface area contributed by atoms with Crippen molar-refractivity contribution in [2.75, 3.05) is 18.4 Å². The Balaban J connectivity index is 1.60. The average molecular weight is 432 g/mol. The predicted octanol–water partition coefficient (Wildman–Crippen LogP) is 3.70. The highest BCUT2D eigenvalue weighted by Crippen LogP contribution is 2.25. The Labute approximate surface area is 185 Å². The largest absolute Gasteiger partial charge is 0.339 e. The third-order valence-corrected chi connectivity index (χ3v) is 5.54. The second-order valence-corrected chi connectivity index (χ2v) is 7.53. The number of hydrogen-bond donors (Lipinski definition) is 3. The van der Waals surface area contributed by atoms with Gasteiger partial charge in [0.15, 0.2) is 5.69 Å². The Bertz CT molecular complexity index is 1300. The number of nitrogens with one attached hydrogen (secondary N) is 3. The van der Waals surface area contributed by atoms with Crippen molar-refractivity contribution in [3.05, 3.63) is 59.3 Å². The van der Waals surface area contributed by atoms with E-state index in [1.54, 1.807) is 23.4 Å². The van der Waals surface area contributed by atoms with E-state index < -0.39 is 0 Å². The first-order chi connectivity index (χ1) is 15.4. The summed E-state index contributed by atoms with van der Waals surface area (Å²) in [6.45, 7) is 8.86. The summed E-state index contributed by atoms with van der Waals surface area (Å²) in [5.74, 6) is -0.391. The van der Waals surface area contributed by atoms with Crippen LogP contribution in [0.25, 0.3) is 22.3 Å². The Morgan fingerprint density at radius 3 is 2.56 bits per heavy atom. The van der Waals surface area contributed by atoms with Gasteiger partial charge in [0.25, 0.3) is 11.8 Å². The molecule has 3 N–H and O–H groups in total. The number of carbonyl (C=O) groups excluding carboxylic acids is 2. The van der Waals surface area contributed by atoms with Gasteiger partial charge in [-0.1, -0.05) is 0 Å². The number of aromatic amines is 2. The van der Waals surface area contributed by atoms with Crippen LogP contribution in [0.5, 0.6) is 0 Å². The molecule has 4 rings (SSSR count). The van der Waals surface area contributed by atoms with Gasteiger partial charge in [-0.25, -0.2) is 4.98 Å². The zero-order valence-corrected chi connectivity index (χ0v) is 18.5. The molecule has 9 nitrogen and oxygen atoms in total. The molecule has 0 fully saturated rings. The molecule has 0 saturated carbocycles. The topological polar surface area (TPSA) is 120 Å². The first kappa shape index (κ1) is 21.2. The first-order valence-electron chi connectivity index (χ1n) is 10.5. The Kier molecular flexibility index (Phi) is 5.72. The highest BCUT2D eigenvalue weighted by molar-refractivity contribution is 6.04. The van der Waals surface area contributed by atoms with Crippen LogP contribution >= 0.6 is 0 Å². The molecule has 0 radical (unpaired) electrons. The van der Waals surface area contributed by atoms with Crippen molar-refractivity contribution < 1.29 is 9.59 Å². The van der Waals surface area contributed by atoms with Crippen molar-refractivity contribution >= 4 is 28.5 Å². The number of rotatable bonds is 6. The van der Waals surface area contributed by atoms with E-state index in [2.05, 4.69) is 30.5 Å². The zero-order chi connectivity index (χ0) is 22.8. The van der Waals surface area contributed by atoms with Gasteiger partial charge in [0.05, 0.1) is 11.9 Å². The van der Waals surface area contributed by atoms with E-state index in [0.717, 1.165) is 27.9 Å². The highest BCUT2D eigenvalue weighted by atomic mass is 16.2. The van der Waals surface area contributed by atoms with Crippen LogP contribution in [0.4, 0.5) is 5.69 Å². The molecule has 4 aromatic heterocycles. The molecule has 0 spiro atoms. The SMILES string of the molecule is CCN(CC)C(=O)c1cc(-c2cc3cc(NC(=O)c4n[nH]c(C)c4C)cnc3[nH]2)ccn1. The number of carbonyl (C=O) groups is 2. The summed E-state index contributed by atoms with van der Waals surface area (Å²) in [7, 11) is 0. The lowest BCUT2D eigenvalue weighted by atomic mass is 10.1. The molecule has 0 aliphatic rings. The van der Waals surface area contributed by atoms with E-state index in [0.29, 0.717) is 35.8 Å². The van der Waals surface area contributed by atoms with Crippen LogP contribution in [0.2, 0.25) is 0 Å². The lowest BCUT2D eigenvalue weighted by Gasteiger charge is -2.18. The van der Waals surface area contributed by atoms with Gasteiger partial charge in [-0.2, -0.15) is 5.10 Å². The number of fused-ring (bicyclic) bond motifs is 1. The number of pyridine rings is 2. The number of aryl methyl sites for hydroxylation is 1. The third kappa shape index (κ3) is 3.96. The standard InChI is InChI=1S/C23H25N7O2/c1-5-30(6-2)23(32)19-10-15(7-8-24-19)18-11-16-9-17(12-25-21(16)27-18)26-22(31)20-13(3)14(4)28-29-20/h7-12H,5-6H2,1-4H3,(H,25,27)(H,26,31)(H,28,29). The lowest BCUT2D eigenvalue weighted by molar-refractivity contribution is 0.0767. The molecule has 2 amide bonds. The number of anilines is 1. The Morgan fingerprint density at radius 1 is 1.09 bits per heavy atom. The van der Waals surface area contributed by atoms with Gasteiger partial charge < -0.3 is 15.2 Å². The summed E-state index contributed by atoms with van der Waals surface area (Å²) >= 11 is 0. The first-order valence-corrected chi connectivity index (χ1v) is 10.5. The fourth-order valence-electron chi connectivity index (χ4n) is 3.52. The van der Waals surface area contributed by atoms with E-state index in [-0.39, 0.29) is 11.8 Å². The maximum absolute atomic E-state index is 12.6. The van der Waals surface area contributed by atoms with Crippen molar-refractivity contribution in [1.29, 1.82) is 0 Å². The van der Waals surface area contributed by atoms with Gasteiger partial charge in [-0.15, -0.1) is 0 Å². The monoisotopic (exact) mass is 431 g/mol. The number of aromatic nitrogens is 5. The molecule has 164 valence electrons. The molecule has 0 atom stereocenters. The van der Waals surface area contributed by atoms with E-state index in [1.165, 1.54) is 0 Å². The molecule has 9 heteroatoms. The minimum absolute atomic E-state index is 0.0972. The van der Waals surface area contributed by atoms with Gasteiger partial charge in [0.2, 0.25) is 0 Å². The fourth-order valence-corrected chi connectivity index (χ4v) is 3.52. The fraction of sp³-hybridized carbons (Fsp3) is 0.261. The van der Waals surface area contributed by atoms with E-state index >= 15 is 0 Å². The minimum Gasteiger partial charge on any atom is -0.339 e. The van der Waals surface area contributed by atoms with E-state index in [1.807, 2.05) is 45.9 Å². The average Bonchev–Trinajstić information content (AvgIpc) is 3.37. The molecule has 0 aliphatic heterocycles. The predicted molar refractivity (Wildman–Crippen MR) is 123 cm³/mol. The molecular formula is C23H25N7O2. The van der Waals surface area contributed by atoms with Crippen LogP contribution in [0.3, 0.4) is 0 Å². The molecule has 0 unspecified atom stereocenters. The number of H-pyrrole nitrogens is 2. The molecule has 0 bridgehead atoms. The van der Waals surface area contributed by atoms with E-state index in [9.17, 15) is 9.59 Å². The van der Waals surface area contributed by atoms with Crippen LogP contribution in [0.1, 0.15) is 46.1 Å². The molecule has 0 aromatic carbocycles. The second kappa shape index (κ2) is 8.62. The number of nitrogens with zero attached hydrogens (tertiary/aromatic N) is 4. The summed E-state index contributed by atoms with van der Waals surface area (Å²) in [5.41, 5.74) is 5.32. The van der Waals surface area contributed by atoms with Crippen LogP contribution in [-0.4, -0.2) is 55.0 Å². The maximum atomic E-state index is 12.6. The quantitative estimate of drug-likeness (QED) is 0.430. The molecular weight excluding hydrogens is 406 g/mol. The Morgan fingerprint density at radius 2 is 1.88 bits per heavy atom. The van der Waals surface area contributed by atoms with Crippen molar-refractivity contribution in [2.24, 2.45) is 0 Å². The maximum Gasteiger partial charge on any atom is 0.276 e. The Hall–Kier alpha value is -4.01. The van der Waals surface area contributed by atoms with Crippen LogP contribution in [-0.2, 0) is 0 Å². The van der Waals surface area contributed by atoms with Gasteiger partial charge in [0, 0.05) is 47.2 Å². The highest BCUT2D eigenvalue weighted by Gasteiger charge is 2.17. The summed E-state index contributed by atoms with van der Waals surface area (Å²) in [5, 5.41) is 10.6. The van der Waals surface area contributed by atoms with Gasteiger partial charge in [-0.05, 0) is 52.0 Å². The van der Waals surface area contributed by atoms with E-state index in [4.69, 9.17) is 0 Å². The van der Waals surface area contributed by atoms with Crippen molar-refractivity contribution in [3.63, 3.8) is 0 Å². The smallest absolute Gasteiger partial charge is 0.276 e. The van der Waals surface area contributed by atoms with Crippen LogP contribution < -0.4 is 5.32 Å². The minimum atomic E-state index is -0.294. The third-order valence-electron chi connectivity index (χ3n) is 5.54. The molecule has 32 heavy (non-hydrogen) atoms. The molecule has 4 aromatic rings. The van der Waals surface area contributed by atoms with Gasteiger partial charge in [-0.3, -0.25) is 19.7 Å². The van der Waals surface area contributed by atoms with Gasteiger partial charge in [0.1, 0.15) is 11.3 Å². The van der Waals surface area contributed by atoms with Crippen LogP contribution in [0.15, 0.2) is 36.7 Å². The van der Waals surface area contributed by atoms with Crippen molar-refractivity contribution in [1.82, 2.24) is 30.0 Å². The van der Waals surface area contributed by atoms with Gasteiger partial charge >= 0.3 is 0 Å². The second-order valence-electron chi connectivity index (χ2n) is 7.53. The molecule has 0 saturated heterocycles. The van der Waals surface area contributed by atoms with Crippen molar-refractivity contribution in [2.45, 2.75) is 27.7 Å². The molecule has 0 aliphatic carbocycles. The number of amides is 2. The number of hydrogen-bond acceptors (Lipinski definition) is 5. The summed E-state index contributed by atoms with van der Waals surface area (Å²) in [6, 6.07) is 7.40. The zero-order valence-electron chi connectivity index (χ0n) is 18.5. The van der Waals surface area contributed by atoms with Crippen LogP contribution in [0, 0.1) is 13.8 Å². The van der Waals surface area contributed by atoms with Crippen molar-refractivity contribution in [3.8, 4) is 11.3 Å². The normalized spacial score (nSPS) is 11.0. The summed E-state index contributed by atoms with van der Waals surface area (Å²) in [4.78, 5) is 38.9.